The third kappa shape index (κ3) is 4.93. The van der Waals surface area contributed by atoms with Crippen LogP contribution in [-0.4, -0.2) is 22.0 Å². The number of nitrogens with zero attached hydrogens (tertiary/aromatic N) is 2. The van der Waals surface area contributed by atoms with E-state index in [9.17, 15) is 14.9 Å². The highest BCUT2D eigenvalue weighted by Gasteiger charge is 2.19. The molecule has 8 heteroatoms. The number of nitro benzene ring substituents is 1. The van der Waals surface area contributed by atoms with Gasteiger partial charge in [-0.15, -0.1) is 0 Å². The number of anilines is 1. The summed E-state index contributed by atoms with van der Waals surface area (Å²) in [5, 5.41) is 16.3. The number of amides is 2. The van der Waals surface area contributed by atoms with Crippen LogP contribution < -0.4 is 15.4 Å². The van der Waals surface area contributed by atoms with Gasteiger partial charge in [0.05, 0.1) is 4.92 Å². The Kier molecular flexibility index (Phi) is 5.85. The van der Waals surface area contributed by atoms with Crippen LogP contribution in [-0.2, 0) is 6.54 Å². The van der Waals surface area contributed by atoms with E-state index in [0.717, 1.165) is 18.4 Å². The van der Waals surface area contributed by atoms with Crippen molar-refractivity contribution in [2.45, 2.75) is 45.3 Å². The van der Waals surface area contributed by atoms with E-state index in [2.05, 4.69) is 15.6 Å². The molecule has 2 N–H and O–H groups in total. The number of benzene rings is 1. The summed E-state index contributed by atoms with van der Waals surface area (Å²) in [4.78, 5) is 26.8. The van der Waals surface area contributed by atoms with Crippen molar-refractivity contribution >= 4 is 17.4 Å². The number of urea groups is 1. The van der Waals surface area contributed by atoms with E-state index in [1.54, 1.807) is 25.3 Å². The second-order valence-corrected chi connectivity index (χ2v) is 6.56. The standard InChI is InChI=1S/C19H22N4O4/c1-13-11-15(8-9-17(13)23(25)26)22-19(24)21-12-14-5-4-10-20-18(14)27-16-6-2-3-7-16/h4-5,8-11,16H,2-3,6-7,12H2,1H3,(H2,21,22,24). The maximum Gasteiger partial charge on any atom is 0.319 e. The molecule has 0 spiro atoms. The number of aryl methyl sites for hydroxylation is 1. The smallest absolute Gasteiger partial charge is 0.319 e. The van der Waals surface area contributed by atoms with Gasteiger partial charge in [-0.2, -0.15) is 0 Å². The van der Waals surface area contributed by atoms with Crippen molar-refractivity contribution in [3.05, 3.63) is 57.8 Å². The van der Waals surface area contributed by atoms with Crippen LogP contribution in [0.1, 0.15) is 36.8 Å². The Morgan fingerprint density at radius 1 is 1.33 bits per heavy atom. The Bertz CT molecular complexity index is 834. The predicted molar refractivity (Wildman–Crippen MR) is 101 cm³/mol. The summed E-state index contributed by atoms with van der Waals surface area (Å²) in [6, 6.07) is 7.71. The third-order valence-corrected chi connectivity index (χ3v) is 4.52. The second kappa shape index (κ2) is 8.48. The second-order valence-electron chi connectivity index (χ2n) is 6.56. The van der Waals surface area contributed by atoms with Crippen LogP contribution in [0.5, 0.6) is 5.88 Å². The van der Waals surface area contributed by atoms with Gasteiger partial charge >= 0.3 is 6.03 Å². The molecule has 1 aromatic heterocycles. The molecule has 1 saturated carbocycles. The zero-order valence-electron chi connectivity index (χ0n) is 15.1. The van der Waals surface area contributed by atoms with Crippen LogP contribution in [0.2, 0.25) is 0 Å². The predicted octanol–water partition coefficient (Wildman–Crippen LogP) is 3.94. The number of nitrogens with one attached hydrogen (secondary N) is 2. The van der Waals surface area contributed by atoms with Crippen molar-refractivity contribution in [2.24, 2.45) is 0 Å². The summed E-state index contributed by atoms with van der Waals surface area (Å²) < 4.78 is 5.96. The van der Waals surface area contributed by atoms with Crippen molar-refractivity contribution < 1.29 is 14.5 Å². The highest BCUT2D eigenvalue weighted by atomic mass is 16.6. The molecule has 2 aromatic rings. The highest BCUT2D eigenvalue weighted by Crippen LogP contribution is 2.25. The van der Waals surface area contributed by atoms with Crippen LogP contribution in [0, 0.1) is 17.0 Å². The summed E-state index contributed by atoms with van der Waals surface area (Å²) in [5.74, 6) is 0.552. The minimum Gasteiger partial charge on any atom is -0.474 e. The maximum atomic E-state index is 12.2. The average molecular weight is 370 g/mol. The van der Waals surface area contributed by atoms with Gasteiger partial charge in [-0.3, -0.25) is 10.1 Å². The summed E-state index contributed by atoms with van der Waals surface area (Å²) in [5.41, 5.74) is 1.80. The molecule has 1 aliphatic rings. The monoisotopic (exact) mass is 370 g/mol. The summed E-state index contributed by atoms with van der Waals surface area (Å²) in [6.07, 6.45) is 6.26. The van der Waals surface area contributed by atoms with Gasteiger partial charge in [0.15, 0.2) is 0 Å². The molecule has 1 fully saturated rings. The minimum atomic E-state index is -0.451. The molecule has 0 unspecified atom stereocenters. The van der Waals surface area contributed by atoms with Crippen molar-refractivity contribution in [1.82, 2.24) is 10.3 Å². The summed E-state index contributed by atoms with van der Waals surface area (Å²) in [6.45, 7) is 1.90. The topological polar surface area (TPSA) is 106 Å². The fraction of sp³-hybridized carbons (Fsp3) is 0.368. The molecular weight excluding hydrogens is 348 g/mol. The molecule has 1 aromatic carbocycles. The Morgan fingerprint density at radius 3 is 2.81 bits per heavy atom. The van der Waals surface area contributed by atoms with Crippen LogP contribution in [0.25, 0.3) is 0 Å². The molecule has 1 heterocycles. The number of carbonyl (C=O) groups is 1. The number of carbonyl (C=O) groups excluding carboxylic acids is 1. The summed E-state index contributed by atoms with van der Waals surface area (Å²) >= 11 is 0. The van der Waals surface area contributed by atoms with Gasteiger partial charge < -0.3 is 15.4 Å². The third-order valence-electron chi connectivity index (χ3n) is 4.52. The van der Waals surface area contributed by atoms with Gasteiger partial charge in [0.25, 0.3) is 5.69 Å². The number of hydrogen-bond acceptors (Lipinski definition) is 5. The lowest BCUT2D eigenvalue weighted by Gasteiger charge is -2.15. The molecule has 0 saturated heterocycles. The number of nitro groups is 1. The normalized spacial score (nSPS) is 14.0. The first kappa shape index (κ1) is 18.6. The molecule has 0 radical (unpaired) electrons. The van der Waals surface area contributed by atoms with Gasteiger partial charge in [-0.05, 0) is 50.8 Å². The molecule has 27 heavy (non-hydrogen) atoms. The van der Waals surface area contributed by atoms with Gasteiger partial charge in [0.2, 0.25) is 5.88 Å². The largest absolute Gasteiger partial charge is 0.474 e. The van der Waals surface area contributed by atoms with Crippen LogP contribution >= 0.6 is 0 Å². The average Bonchev–Trinajstić information content (AvgIpc) is 3.14. The molecule has 0 bridgehead atoms. The van der Waals surface area contributed by atoms with E-state index in [1.165, 1.54) is 25.0 Å². The van der Waals surface area contributed by atoms with Crippen LogP contribution in [0.3, 0.4) is 0 Å². The molecule has 0 atom stereocenters. The van der Waals surface area contributed by atoms with Crippen LogP contribution in [0.15, 0.2) is 36.5 Å². The first-order chi connectivity index (χ1) is 13.0. The lowest BCUT2D eigenvalue weighted by atomic mass is 10.2. The Morgan fingerprint density at radius 2 is 2.11 bits per heavy atom. The number of aromatic nitrogens is 1. The molecule has 0 aliphatic heterocycles. The van der Waals surface area contributed by atoms with E-state index >= 15 is 0 Å². The maximum absolute atomic E-state index is 12.2. The number of rotatable bonds is 6. The number of pyridine rings is 1. The minimum absolute atomic E-state index is 0.0185. The van der Waals surface area contributed by atoms with E-state index in [0.29, 0.717) is 17.1 Å². The first-order valence-electron chi connectivity index (χ1n) is 8.93. The molecule has 2 amide bonds. The highest BCUT2D eigenvalue weighted by molar-refractivity contribution is 5.89. The van der Waals surface area contributed by atoms with Crippen molar-refractivity contribution in [3.63, 3.8) is 0 Å². The van der Waals surface area contributed by atoms with Gasteiger partial charge in [-0.1, -0.05) is 6.07 Å². The Balaban J connectivity index is 1.58. The SMILES string of the molecule is Cc1cc(NC(=O)NCc2cccnc2OC2CCCC2)ccc1[N+](=O)[O-]. The molecule has 3 rings (SSSR count). The van der Waals surface area contributed by atoms with Gasteiger partial charge in [-0.25, -0.2) is 9.78 Å². The summed E-state index contributed by atoms with van der Waals surface area (Å²) in [7, 11) is 0. The van der Waals surface area contributed by atoms with Gasteiger partial charge in [0.1, 0.15) is 6.10 Å². The fourth-order valence-corrected chi connectivity index (χ4v) is 3.12. The first-order valence-corrected chi connectivity index (χ1v) is 8.93. The van der Waals surface area contributed by atoms with Crippen molar-refractivity contribution in [3.8, 4) is 5.88 Å². The van der Waals surface area contributed by atoms with E-state index in [-0.39, 0.29) is 18.3 Å². The van der Waals surface area contributed by atoms with E-state index in [4.69, 9.17) is 4.74 Å². The fourth-order valence-electron chi connectivity index (χ4n) is 3.12. The van der Waals surface area contributed by atoms with E-state index in [1.807, 2.05) is 6.07 Å². The van der Waals surface area contributed by atoms with Gasteiger partial charge in [0, 0.05) is 35.6 Å². The molecule has 142 valence electrons. The lowest BCUT2D eigenvalue weighted by Crippen LogP contribution is -2.28. The van der Waals surface area contributed by atoms with E-state index < -0.39 is 11.0 Å². The zero-order valence-corrected chi connectivity index (χ0v) is 15.1. The number of hydrogen-bond donors (Lipinski definition) is 2. The Hall–Kier alpha value is -3.16. The molecule has 1 aliphatic carbocycles. The Labute approximate surface area is 157 Å². The zero-order chi connectivity index (χ0) is 19.2. The molecule has 8 nitrogen and oxygen atoms in total. The van der Waals surface area contributed by atoms with Crippen molar-refractivity contribution in [1.29, 1.82) is 0 Å². The van der Waals surface area contributed by atoms with Crippen LogP contribution in [0.4, 0.5) is 16.2 Å². The lowest BCUT2D eigenvalue weighted by molar-refractivity contribution is -0.385. The quantitative estimate of drug-likeness (QED) is 0.592. The molecular formula is C19H22N4O4. The van der Waals surface area contributed by atoms with Crippen molar-refractivity contribution in [2.75, 3.05) is 5.32 Å². The number of ether oxygens (including phenoxy) is 1.